The van der Waals surface area contributed by atoms with Crippen LogP contribution in [-0.2, 0) is 4.79 Å². The Morgan fingerprint density at radius 3 is 2.46 bits per heavy atom. The lowest BCUT2D eigenvalue weighted by Crippen LogP contribution is -2.53. The molecule has 3 heteroatoms. The highest BCUT2D eigenvalue weighted by atomic mass is 16.4. The first kappa shape index (κ1) is 18.8. The molecule has 26 heavy (non-hydrogen) atoms. The molecule has 0 radical (unpaired) electrons. The molecule has 0 aromatic carbocycles. The fraction of sp³-hybridized carbons (Fsp3) is 0.957. The summed E-state index contributed by atoms with van der Waals surface area (Å²) < 4.78 is 0. The van der Waals surface area contributed by atoms with E-state index >= 15 is 0 Å². The molecule has 2 N–H and O–H groups in total. The molecule has 4 rings (SSSR count). The molecule has 0 saturated heterocycles. The quantitative estimate of drug-likeness (QED) is 0.717. The number of fused-ring (bicyclic) bond motifs is 5. The second-order valence-electron chi connectivity index (χ2n) is 10.7. The van der Waals surface area contributed by atoms with Crippen molar-refractivity contribution in [3.63, 3.8) is 0 Å². The summed E-state index contributed by atoms with van der Waals surface area (Å²) >= 11 is 0. The third-order valence-corrected chi connectivity index (χ3v) is 9.78. The number of aliphatic hydroxyl groups excluding tert-OH is 1. The maximum atomic E-state index is 10.9. The molecule has 0 aromatic heterocycles. The smallest absolute Gasteiger partial charge is 0.303 e. The van der Waals surface area contributed by atoms with Crippen LogP contribution < -0.4 is 0 Å². The van der Waals surface area contributed by atoms with Crippen molar-refractivity contribution in [1.29, 1.82) is 0 Å². The van der Waals surface area contributed by atoms with Gasteiger partial charge in [0.05, 0.1) is 6.10 Å². The van der Waals surface area contributed by atoms with E-state index in [2.05, 4.69) is 13.8 Å². The molecule has 4 aliphatic rings. The topological polar surface area (TPSA) is 57.5 Å². The third kappa shape index (κ3) is 2.93. The van der Waals surface area contributed by atoms with Crippen molar-refractivity contribution in [2.24, 2.45) is 40.4 Å². The van der Waals surface area contributed by atoms with Crippen LogP contribution in [0, 0.1) is 40.4 Å². The molecule has 3 nitrogen and oxygen atoms in total. The van der Waals surface area contributed by atoms with E-state index in [9.17, 15) is 9.90 Å². The van der Waals surface area contributed by atoms with Gasteiger partial charge in [-0.25, -0.2) is 0 Å². The molecule has 4 fully saturated rings. The first-order chi connectivity index (χ1) is 12.3. The van der Waals surface area contributed by atoms with Gasteiger partial charge in [0, 0.05) is 6.42 Å². The molecule has 148 valence electrons. The van der Waals surface area contributed by atoms with Crippen LogP contribution in [-0.4, -0.2) is 22.3 Å². The van der Waals surface area contributed by atoms with Crippen molar-refractivity contribution in [1.82, 2.24) is 0 Å². The summed E-state index contributed by atoms with van der Waals surface area (Å²) in [5, 5.41) is 19.1. The molecule has 4 aliphatic carbocycles. The summed E-state index contributed by atoms with van der Waals surface area (Å²) in [5.41, 5.74) is 0.919. The summed E-state index contributed by atoms with van der Waals surface area (Å²) in [6.07, 6.45) is 13.6. The molecular weight excluding hydrogens is 324 g/mol. The van der Waals surface area contributed by atoms with E-state index in [0.717, 1.165) is 55.3 Å². The van der Waals surface area contributed by atoms with E-state index < -0.39 is 5.97 Å². The highest BCUT2D eigenvalue weighted by Gasteiger charge is 2.59. The van der Waals surface area contributed by atoms with Gasteiger partial charge in [0.1, 0.15) is 0 Å². The minimum absolute atomic E-state index is 0.0522. The number of hydrogen-bond donors (Lipinski definition) is 2. The number of rotatable bonds is 4. The van der Waals surface area contributed by atoms with Crippen molar-refractivity contribution in [2.75, 3.05) is 0 Å². The molecule has 8 atom stereocenters. The van der Waals surface area contributed by atoms with Crippen LogP contribution in [0.1, 0.15) is 90.9 Å². The van der Waals surface area contributed by atoms with Crippen molar-refractivity contribution in [3.05, 3.63) is 0 Å². The molecule has 0 heterocycles. The second-order valence-corrected chi connectivity index (χ2v) is 10.7. The average Bonchev–Trinajstić information content (AvgIpc) is 2.92. The predicted molar refractivity (Wildman–Crippen MR) is 103 cm³/mol. The van der Waals surface area contributed by atoms with E-state index in [1.807, 2.05) is 0 Å². The Hall–Kier alpha value is -0.570. The average molecular weight is 363 g/mol. The Bertz CT molecular complexity index is 546. The lowest BCUT2D eigenvalue weighted by molar-refractivity contribution is -0.137. The second kappa shape index (κ2) is 6.79. The van der Waals surface area contributed by atoms with Crippen molar-refractivity contribution < 1.29 is 15.0 Å². The fourth-order valence-corrected chi connectivity index (χ4v) is 8.32. The van der Waals surface area contributed by atoms with Crippen molar-refractivity contribution in [3.8, 4) is 0 Å². The Morgan fingerprint density at radius 2 is 1.69 bits per heavy atom. The first-order valence-electron chi connectivity index (χ1n) is 11.2. The van der Waals surface area contributed by atoms with Gasteiger partial charge in [0.2, 0.25) is 0 Å². The minimum atomic E-state index is -0.640. The van der Waals surface area contributed by atoms with Gasteiger partial charge < -0.3 is 10.2 Å². The van der Waals surface area contributed by atoms with E-state index in [-0.39, 0.29) is 6.10 Å². The Balaban J connectivity index is 1.48. The lowest BCUT2D eigenvalue weighted by Gasteiger charge is -2.61. The summed E-state index contributed by atoms with van der Waals surface area (Å²) in [4.78, 5) is 10.9. The van der Waals surface area contributed by atoms with Gasteiger partial charge in [-0.3, -0.25) is 4.79 Å². The maximum absolute atomic E-state index is 10.9. The van der Waals surface area contributed by atoms with Gasteiger partial charge in [0.25, 0.3) is 0 Å². The minimum Gasteiger partial charge on any atom is -0.481 e. The van der Waals surface area contributed by atoms with E-state index in [1.54, 1.807) is 0 Å². The number of carbonyl (C=O) groups is 1. The Kier molecular flexibility index (Phi) is 4.91. The zero-order valence-corrected chi connectivity index (χ0v) is 16.8. The van der Waals surface area contributed by atoms with E-state index in [1.165, 1.54) is 44.9 Å². The van der Waals surface area contributed by atoms with Crippen LogP contribution in [0.4, 0.5) is 0 Å². The molecule has 0 bridgehead atoms. The number of hydrogen-bond acceptors (Lipinski definition) is 2. The largest absolute Gasteiger partial charge is 0.481 e. The zero-order chi connectivity index (χ0) is 18.5. The SMILES string of the molecule is CC12CC[C@@H](O)C[C@H]1CC[C@@H]1C2CCC2(C)C(CCCC(=O)O)CC[C@@H]12. The number of aliphatic carboxylic acids is 1. The van der Waals surface area contributed by atoms with Crippen molar-refractivity contribution in [2.45, 2.75) is 97.0 Å². The van der Waals surface area contributed by atoms with Gasteiger partial charge in [-0.15, -0.1) is 0 Å². The van der Waals surface area contributed by atoms with Crippen LogP contribution in [0.15, 0.2) is 0 Å². The molecule has 4 saturated carbocycles. The summed E-state index contributed by atoms with van der Waals surface area (Å²) in [6, 6.07) is 0. The first-order valence-corrected chi connectivity index (χ1v) is 11.2. The van der Waals surface area contributed by atoms with Gasteiger partial charge >= 0.3 is 5.97 Å². The van der Waals surface area contributed by atoms with Crippen LogP contribution in [0.25, 0.3) is 0 Å². The normalized spacial score (nSPS) is 50.6. The van der Waals surface area contributed by atoms with Crippen molar-refractivity contribution >= 4 is 5.97 Å². The van der Waals surface area contributed by atoms with Gasteiger partial charge in [-0.05, 0) is 111 Å². The fourth-order valence-electron chi connectivity index (χ4n) is 8.32. The number of carboxylic acids is 1. The molecular formula is C23H38O3. The maximum Gasteiger partial charge on any atom is 0.303 e. The molecule has 4 unspecified atom stereocenters. The van der Waals surface area contributed by atoms with Crippen LogP contribution in [0.3, 0.4) is 0 Å². The molecule has 0 aliphatic heterocycles. The molecule has 0 spiro atoms. The summed E-state index contributed by atoms with van der Waals surface area (Å²) in [7, 11) is 0. The standard InChI is InChI=1S/C23H38O3/c1-22-13-11-20-18(8-6-16-14-17(24)10-12-23(16,20)2)19(22)9-7-15(22)4-3-5-21(25)26/h15-20,24H,3-14H2,1-2H3,(H,25,26)/t15?,16-,17-,18+,19+,20?,22?,23?/m1/s1. The molecule has 0 amide bonds. The molecule has 0 aromatic rings. The predicted octanol–water partition coefficient (Wildman–Crippen LogP) is 5.26. The van der Waals surface area contributed by atoms with Gasteiger partial charge in [-0.2, -0.15) is 0 Å². The lowest BCUT2D eigenvalue weighted by atomic mass is 9.44. The van der Waals surface area contributed by atoms with Crippen LogP contribution >= 0.6 is 0 Å². The van der Waals surface area contributed by atoms with E-state index in [0.29, 0.717) is 17.3 Å². The summed E-state index contributed by atoms with van der Waals surface area (Å²) in [6.45, 7) is 5.10. The van der Waals surface area contributed by atoms with Gasteiger partial charge in [0.15, 0.2) is 0 Å². The summed E-state index contributed by atoms with van der Waals surface area (Å²) in [5.74, 6) is 3.45. The zero-order valence-electron chi connectivity index (χ0n) is 16.8. The van der Waals surface area contributed by atoms with Crippen LogP contribution in [0.2, 0.25) is 0 Å². The van der Waals surface area contributed by atoms with Crippen LogP contribution in [0.5, 0.6) is 0 Å². The van der Waals surface area contributed by atoms with Gasteiger partial charge in [-0.1, -0.05) is 13.8 Å². The highest BCUT2D eigenvalue weighted by Crippen LogP contribution is 2.67. The highest BCUT2D eigenvalue weighted by molar-refractivity contribution is 5.66. The monoisotopic (exact) mass is 362 g/mol. The van der Waals surface area contributed by atoms with E-state index in [4.69, 9.17) is 5.11 Å². The Labute approximate surface area is 158 Å². The number of carboxylic acid groups (broad SMARTS) is 1. The third-order valence-electron chi connectivity index (χ3n) is 9.78. The number of aliphatic hydroxyl groups is 1. The Morgan fingerprint density at radius 1 is 0.962 bits per heavy atom.